The van der Waals surface area contributed by atoms with Crippen LogP contribution in [0, 0.1) is 0 Å². The molecule has 1 heterocycles. The lowest BCUT2D eigenvalue weighted by molar-refractivity contribution is 1.28. The molecule has 0 amide bonds. The van der Waals surface area contributed by atoms with Crippen molar-refractivity contribution in [3.63, 3.8) is 0 Å². The average molecular weight is 808 g/mol. The third-order valence-electron chi connectivity index (χ3n) is 12.0. The summed E-state index contributed by atoms with van der Waals surface area (Å²) in [6.45, 7) is 0. The number of anilines is 3. The molecule has 0 unspecified atom stereocenters. The first-order valence-electron chi connectivity index (χ1n) is 21.2. The van der Waals surface area contributed by atoms with Gasteiger partial charge < -0.3 is 4.90 Å². The van der Waals surface area contributed by atoms with E-state index in [2.05, 4.69) is 254 Å². The topological polar surface area (TPSA) is 3.24 Å². The number of fused-ring (bicyclic) bond motifs is 3. The maximum atomic E-state index is 2.51. The van der Waals surface area contributed by atoms with Crippen molar-refractivity contribution < 1.29 is 0 Å². The van der Waals surface area contributed by atoms with Gasteiger partial charge in [0.2, 0.25) is 0 Å². The Labute approximate surface area is 367 Å². The Bertz CT molecular complexity index is 3350. The minimum absolute atomic E-state index is 1.10. The van der Waals surface area contributed by atoms with E-state index in [0.717, 1.165) is 33.8 Å². The molecule has 1 aromatic heterocycles. The first-order chi connectivity index (χ1) is 30.8. The van der Waals surface area contributed by atoms with E-state index in [1.54, 1.807) is 0 Å². The maximum Gasteiger partial charge on any atom is 0.0541 e. The van der Waals surface area contributed by atoms with Crippen molar-refractivity contribution in [3.05, 3.63) is 249 Å². The summed E-state index contributed by atoms with van der Waals surface area (Å²) in [7, 11) is 0. The highest BCUT2D eigenvalue weighted by Gasteiger charge is 2.25. The number of rotatable bonds is 9. The Kier molecular flexibility index (Phi) is 9.82. The smallest absolute Gasteiger partial charge is 0.0541 e. The molecular formula is C60H41NS. The number of hydrogen-bond acceptors (Lipinski definition) is 2. The Balaban J connectivity index is 1.16. The molecule has 0 atom stereocenters. The molecule has 0 bridgehead atoms. The standard InChI is InChI=1S/C60H41NS/c1-3-20-42(21-4-1)43-38-40-45(41-39-43)47-25-11-15-34-56(47)61(58-36-17-13-30-52(58)54-32-19-33-55-53-31-14-18-37-59(53)62-60(54)55)57-35-16-12-29-51(57)50-28-10-9-27-49(50)48-26-8-7-24-46(48)44-22-5-2-6-23-44/h1-41H. The quantitative estimate of drug-likeness (QED) is 0.140. The Morgan fingerprint density at radius 1 is 0.226 bits per heavy atom. The number of benzene rings is 10. The molecule has 0 saturated carbocycles. The second kappa shape index (κ2) is 16.3. The van der Waals surface area contributed by atoms with Gasteiger partial charge in [-0.15, -0.1) is 11.3 Å². The number of nitrogens with zero attached hydrogens (tertiary/aromatic N) is 1. The third kappa shape index (κ3) is 6.77. The molecule has 0 saturated heterocycles. The van der Waals surface area contributed by atoms with E-state index in [4.69, 9.17) is 0 Å². The second-order valence-corrected chi connectivity index (χ2v) is 16.6. The van der Waals surface area contributed by atoms with E-state index >= 15 is 0 Å². The Hall–Kier alpha value is -7.78. The first kappa shape index (κ1) is 37.2. The van der Waals surface area contributed by atoms with Crippen LogP contribution in [0.2, 0.25) is 0 Å². The van der Waals surface area contributed by atoms with Gasteiger partial charge in [-0.25, -0.2) is 0 Å². The van der Waals surface area contributed by atoms with Gasteiger partial charge in [0.15, 0.2) is 0 Å². The third-order valence-corrected chi connectivity index (χ3v) is 13.2. The normalized spacial score (nSPS) is 11.2. The molecule has 0 fully saturated rings. The minimum Gasteiger partial charge on any atom is -0.309 e. The van der Waals surface area contributed by atoms with Crippen molar-refractivity contribution in [3.8, 4) is 66.8 Å². The lowest BCUT2D eigenvalue weighted by atomic mass is 9.88. The molecule has 0 radical (unpaired) electrons. The lowest BCUT2D eigenvalue weighted by Crippen LogP contribution is -2.13. The van der Waals surface area contributed by atoms with Crippen molar-refractivity contribution in [1.82, 2.24) is 0 Å². The van der Waals surface area contributed by atoms with Gasteiger partial charge in [0.1, 0.15) is 0 Å². The predicted octanol–water partition coefficient (Wildman–Crippen LogP) is 17.5. The zero-order chi connectivity index (χ0) is 41.2. The molecule has 11 rings (SSSR count). The molecule has 11 aromatic rings. The molecule has 1 nitrogen and oxygen atoms in total. The fourth-order valence-corrected chi connectivity index (χ4v) is 10.3. The van der Waals surface area contributed by atoms with Crippen molar-refractivity contribution >= 4 is 48.6 Å². The monoisotopic (exact) mass is 807 g/mol. The Morgan fingerprint density at radius 2 is 0.597 bits per heavy atom. The summed E-state index contributed by atoms with van der Waals surface area (Å²) >= 11 is 1.88. The Morgan fingerprint density at radius 3 is 1.24 bits per heavy atom. The molecule has 62 heavy (non-hydrogen) atoms. The van der Waals surface area contributed by atoms with Crippen molar-refractivity contribution in [2.45, 2.75) is 0 Å². The van der Waals surface area contributed by atoms with Gasteiger partial charge in [-0.05, 0) is 68.8 Å². The zero-order valence-electron chi connectivity index (χ0n) is 34.0. The highest BCUT2D eigenvalue weighted by molar-refractivity contribution is 7.26. The first-order valence-corrected chi connectivity index (χ1v) is 22.0. The molecule has 10 aromatic carbocycles. The van der Waals surface area contributed by atoms with Gasteiger partial charge in [0.25, 0.3) is 0 Å². The van der Waals surface area contributed by atoms with Crippen LogP contribution in [0.25, 0.3) is 86.9 Å². The van der Waals surface area contributed by atoms with Crippen LogP contribution in [0.1, 0.15) is 0 Å². The summed E-state index contributed by atoms with van der Waals surface area (Å²) in [6, 6.07) is 90.4. The summed E-state index contributed by atoms with van der Waals surface area (Å²) < 4.78 is 2.59. The van der Waals surface area contributed by atoms with Crippen LogP contribution in [0.15, 0.2) is 249 Å². The van der Waals surface area contributed by atoms with Gasteiger partial charge >= 0.3 is 0 Å². The van der Waals surface area contributed by atoms with E-state index in [9.17, 15) is 0 Å². The number of thiophene rings is 1. The molecule has 0 spiro atoms. The van der Waals surface area contributed by atoms with E-state index in [1.165, 1.54) is 70.2 Å². The summed E-state index contributed by atoms with van der Waals surface area (Å²) in [5.41, 5.74) is 17.5. The van der Waals surface area contributed by atoms with Crippen LogP contribution in [0.3, 0.4) is 0 Å². The summed E-state index contributed by atoms with van der Waals surface area (Å²) in [6.07, 6.45) is 0. The fourth-order valence-electron chi connectivity index (χ4n) is 9.07. The SMILES string of the molecule is c1ccc(-c2ccc(-c3ccccc3N(c3ccccc3-c3ccccc3-c3ccccc3-c3ccccc3)c3ccccc3-c3cccc4c3sc3ccccc34)cc2)cc1. The summed E-state index contributed by atoms with van der Waals surface area (Å²) in [5, 5.41) is 2.58. The lowest BCUT2D eigenvalue weighted by Gasteiger charge is -2.32. The molecule has 2 heteroatoms. The van der Waals surface area contributed by atoms with Crippen LogP contribution < -0.4 is 4.90 Å². The van der Waals surface area contributed by atoms with Gasteiger partial charge in [-0.1, -0.05) is 224 Å². The second-order valence-electron chi connectivity index (χ2n) is 15.6. The summed E-state index contributed by atoms with van der Waals surface area (Å²) in [5.74, 6) is 0. The number of hydrogen-bond donors (Lipinski definition) is 0. The summed E-state index contributed by atoms with van der Waals surface area (Å²) in [4.78, 5) is 2.51. The van der Waals surface area contributed by atoms with Gasteiger partial charge in [-0.3, -0.25) is 0 Å². The van der Waals surface area contributed by atoms with E-state index < -0.39 is 0 Å². The molecule has 0 N–H and O–H groups in total. The molecule has 0 aliphatic carbocycles. The van der Waals surface area contributed by atoms with Gasteiger partial charge in [0.05, 0.1) is 17.1 Å². The van der Waals surface area contributed by atoms with Crippen LogP contribution >= 0.6 is 11.3 Å². The van der Waals surface area contributed by atoms with E-state index in [-0.39, 0.29) is 0 Å². The van der Waals surface area contributed by atoms with E-state index in [1.807, 2.05) is 11.3 Å². The van der Waals surface area contributed by atoms with Crippen molar-refractivity contribution in [2.75, 3.05) is 4.90 Å². The predicted molar refractivity (Wildman–Crippen MR) is 267 cm³/mol. The van der Waals surface area contributed by atoms with Crippen LogP contribution in [-0.2, 0) is 0 Å². The molecular weight excluding hydrogens is 767 g/mol. The minimum atomic E-state index is 1.10. The maximum absolute atomic E-state index is 2.51. The highest BCUT2D eigenvalue weighted by Crippen LogP contribution is 2.51. The van der Waals surface area contributed by atoms with E-state index in [0.29, 0.717) is 0 Å². The molecule has 292 valence electrons. The van der Waals surface area contributed by atoms with Crippen LogP contribution in [0.5, 0.6) is 0 Å². The highest BCUT2D eigenvalue weighted by atomic mass is 32.1. The van der Waals surface area contributed by atoms with Crippen molar-refractivity contribution in [1.29, 1.82) is 0 Å². The van der Waals surface area contributed by atoms with Crippen LogP contribution in [0.4, 0.5) is 17.1 Å². The zero-order valence-corrected chi connectivity index (χ0v) is 34.8. The van der Waals surface area contributed by atoms with Gasteiger partial charge in [-0.2, -0.15) is 0 Å². The average Bonchev–Trinajstić information content (AvgIpc) is 3.74. The largest absolute Gasteiger partial charge is 0.309 e. The van der Waals surface area contributed by atoms with Crippen LogP contribution in [-0.4, -0.2) is 0 Å². The van der Waals surface area contributed by atoms with Gasteiger partial charge in [0, 0.05) is 42.4 Å². The molecule has 0 aliphatic rings. The fraction of sp³-hybridized carbons (Fsp3) is 0. The molecule has 0 aliphatic heterocycles. The van der Waals surface area contributed by atoms with Crippen molar-refractivity contribution in [2.24, 2.45) is 0 Å². The number of para-hydroxylation sites is 3.